The second-order valence-corrected chi connectivity index (χ2v) is 5.93. The highest BCUT2D eigenvalue weighted by Gasteiger charge is 2.13. The molecule has 0 aliphatic rings. The van der Waals surface area contributed by atoms with Gasteiger partial charge in [-0.2, -0.15) is 0 Å². The number of carbonyl (C=O) groups excluding carboxylic acids is 1. The minimum atomic E-state index is -0.747. The Bertz CT molecular complexity index is 940. The number of amides is 1. The number of hydrogen-bond donors (Lipinski definition) is 1. The molecule has 2 aromatic carbocycles. The van der Waals surface area contributed by atoms with Crippen LogP contribution >= 0.6 is 0 Å². The molecule has 0 aliphatic carbocycles. The van der Waals surface area contributed by atoms with E-state index in [-0.39, 0.29) is 41.8 Å². The lowest BCUT2D eigenvalue weighted by Crippen LogP contribution is -2.26. The second kappa shape index (κ2) is 8.53. The molecule has 0 fully saturated rings. The summed E-state index contributed by atoms with van der Waals surface area (Å²) in [6.07, 6.45) is 2.09. The van der Waals surface area contributed by atoms with Crippen molar-refractivity contribution >= 4 is 5.91 Å². The van der Waals surface area contributed by atoms with Crippen LogP contribution in [0.3, 0.4) is 0 Å². The lowest BCUT2D eigenvalue weighted by molar-refractivity contribution is -0.121. The van der Waals surface area contributed by atoms with Gasteiger partial charge in [-0.3, -0.25) is 4.79 Å². The quantitative estimate of drug-likeness (QED) is 0.679. The van der Waals surface area contributed by atoms with Crippen LogP contribution in [0, 0.1) is 17.5 Å². The van der Waals surface area contributed by atoms with Gasteiger partial charge < -0.3 is 9.73 Å². The SMILES string of the molecule is O=C(CCc1ncc(-c2ccc(F)cc2F)o1)NCCc1ccccc1F. The first-order chi connectivity index (χ1) is 13.0. The predicted octanol–water partition coefficient (Wildman–Crippen LogP) is 4.05. The molecule has 3 aromatic rings. The van der Waals surface area contributed by atoms with E-state index in [0.29, 0.717) is 18.5 Å². The predicted molar refractivity (Wildman–Crippen MR) is 93.3 cm³/mol. The molecule has 0 aliphatic heterocycles. The van der Waals surface area contributed by atoms with E-state index in [1.807, 2.05) is 0 Å². The smallest absolute Gasteiger partial charge is 0.220 e. The summed E-state index contributed by atoms with van der Waals surface area (Å²) < 4.78 is 45.6. The summed E-state index contributed by atoms with van der Waals surface area (Å²) >= 11 is 0. The molecule has 0 unspecified atom stereocenters. The number of aromatic nitrogens is 1. The van der Waals surface area contributed by atoms with E-state index < -0.39 is 11.6 Å². The van der Waals surface area contributed by atoms with Gasteiger partial charge in [0.1, 0.15) is 17.5 Å². The zero-order chi connectivity index (χ0) is 19.2. The molecule has 27 heavy (non-hydrogen) atoms. The molecule has 140 valence electrons. The van der Waals surface area contributed by atoms with Gasteiger partial charge in [0, 0.05) is 25.5 Å². The first-order valence-corrected chi connectivity index (χ1v) is 8.43. The fourth-order valence-electron chi connectivity index (χ4n) is 2.59. The average Bonchev–Trinajstić information content (AvgIpc) is 3.10. The molecule has 1 aromatic heterocycles. The molecule has 7 heteroatoms. The number of rotatable bonds is 7. The molecular weight excluding hydrogens is 357 g/mol. The number of halogens is 3. The normalized spacial score (nSPS) is 10.8. The van der Waals surface area contributed by atoms with Gasteiger partial charge in [-0.1, -0.05) is 18.2 Å². The third kappa shape index (κ3) is 4.97. The molecule has 0 bridgehead atoms. The van der Waals surface area contributed by atoms with Crippen LogP contribution in [0.15, 0.2) is 53.1 Å². The molecular formula is C20H17F3N2O2. The number of carbonyl (C=O) groups is 1. The molecule has 1 heterocycles. The standard InChI is InChI=1S/C20H17F3N2O2/c21-14-5-6-15(17(23)11-14)18-12-25-20(27-18)8-7-19(26)24-10-9-13-3-1-2-4-16(13)22/h1-6,11-12H,7-10H2,(H,24,26). The van der Waals surface area contributed by atoms with E-state index in [9.17, 15) is 18.0 Å². The van der Waals surface area contributed by atoms with Crippen LogP contribution in [0.5, 0.6) is 0 Å². The Kier molecular flexibility index (Phi) is 5.90. The molecule has 1 amide bonds. The van der Waals surface area contributed by atoms with Crippen LogP contribution in [0.1, 0.15) is 17.9 Å². The van der Waals surface area contributed by atoms with Crippen molar-refractivity contribution < 1.29 is 22.4 Å². The minimum absolute atomic E-state index is 0.101. The topological polar surface area (TPSA) is 55.1 Å². The van der Waals surface area contributed by atoms with E-state index >= 15 is 0 Å². The van der Waals surface area contributed by atoms with Gasteiger partial charge in [0.05, 0.1) is 11.8 Å². The van der Waals surface area contributed by atoms with Gasteiger partial charge in [-0.25, -0.2) is 18.2 Å². The van der Waals surface area contributed by atoms with Gasteiger partial charge in [0.15, 0.2) is 11.7 Å². The second-order valence-electron chi connectivity index (χ2n) is 5.93. The Morgan fingerprint density at radius 2 is 1.85 bits per heavy atom. The van der Waals surface area contributed by atoms with Crippen molar-refractivity contribution in [2.45, 2.75) is 19.3 Å². The summed E-state index contributed by atoms with van der Waals surface area (Å²) in [6.45, 7) is 0.317. The number of hydrogen-bond acceptors (Lipinski definition) is 3. The minimum Gasteiger partial charge on any atom is -0.441 e. The summed E-state index contributed by atoms with van der Waals surface area (Å²) in [7, 11) is 0. The molecule has 0 spiro atoms. The molecule has 0 saturated heterocycles. The zero-order valence-corrected chi connectivity index (χ0v) is 14.3. The van der Waals surface area contributed by atoms with Crippen LogP contribution in [0.25, 0.3) is 11.3 Å². The number of nitrogens with zero attached hydrogens (tertiary/aromatic N) is 1. The Morgan fingerprint density at radius 1 is 1.04 bits per heavy atom. The van der Waals surface area contributed by atoms with Crippen molar-refractivity contribution in [3.8, 4) is 11.3 Å². The first-order valence-electron chi connectivity index (χ1n) is 8.43. The molecule has 1 N–H and O–H groups in total. The maximum Gasteiger partial charge on any atom is 0.220 e. The lowest BCUT2D eigenvalue weighted by atomic mass is 10.1. The maximum absolute atomic E-state index is 13.7. The monoisotopic (exact) mass is 374 g/mol. The van der Waals surface area contributed by atoms with Crippen molar-refractivity contribution in [1.29, 1.82) is 0 Å². The van der Waals surface area contributed by atoms with Crippen LogP contribution < -0.4 is 5.32 Å². The number of oxazole rings is 1. The number of nitrogens with one attached hydrogen (secondary N) is 1. The Balaban J connectivity index is 1.48. The average molecular weight is 374 g/mol. The van der Waals surface area contributed by atoms with Gasteiger partial charge in [0.2, 0.25) is 5.91 Å². The van der Waals surface area contributed by atoms with E-state index in [2.05, 4.69) is 10.3 Å². The van der Waals surface area contributed by atoms with Crippen LogP contribution in [-0.4, -0.2) is 17.4 Å². The van der Waals surface area contributed by atoms with Crippen LogP contribution in [-0.2, 0) is 17.6 Å². The number of aryl methyl sites for hydroxylation is 1. The summed E-state index contributed by atoms with van der Waals surface area (Å²) in [5, 5.41) is 2.71. The van der Waals surface area contributed by atoms with Crippen molar-refractivity contribution in [1.82, 2.24) is 10.3 Å². The third-order valence-electron chi connectivity index (χ3n) is 3.99. The van der Waals surface area contributed by atoms with Crippen molar-refractivity contribution in [2.24, 2.45) is 0 Å². The summed E-state index contributed by atoms with van der Waals surface area (Å²) in [5.41, 5.74) is 0.640. The van der Waals surface area contributed by atoms with Crippen LogP contribution in [0.2, 0.25) is 0 Å². The number of benzene rings is 2. The highest BCUT2D eigenvalue weighted by atomic mass is 19.1. The molecule has 0 saturated carbocycles. The third-order valence-corrected chi connectivity index (χ3v) is 3.99. The fraction of sp³-hybridized carbons (Fsp3) is 0.200. The van der Waals surface area contributed by atoms with Crippen molar-refractivity contribution in [2.75, 3.05) is 6.54 Å². The van der Waals surface area contributed by atoms with Gasteiger partial charge in [-0.15, -0.1) is 0 Å². The van der Waals surface area contributed by atoms with E-state index in [0.717, 1.165) is 12.1 Å². The Morgan fingerprint density at radius 3 is 2.63 bits per heavy atom. The molecule has 3 rings (SSSR count). The lowest BCUT2D eigenvalue weighted by Gasteiger charge is -2.05. The van der Waals surface area contributed by atoms with Gasteiger partial charge >= 0.3 is 0 Å². The van der Waals surface area contributed by atoms with Gasteiger partial charge in [0.25, 0.3) is 0 Å². The highest BCUT2D eigenvalue weighted by Crippen LogP contribution is 2.24. The molecule has 4 nitrogen and oxygen atoms in total. The molecule has 0 radical (unpaired) electrons. The highest BCUT2D eigenvalue weighted by molar-refractivity contribution is 5.76. The van der Waals surface area contributed by atoms with Gasteiger partial charge in [-0.05, 0) is 30.2 Å². The van der Waals surface area contributed by atoms with E-state index in [4.69, 9.17) is 4.42 Å². The Hall–Kier alpha value is -3.09. The van der Waals surface area contributed by atoms with Crippen molar-refractivity contribution in [3.63, 3.8) is 0 Å². The molecule has 0 atom stereocenters. The van der Waals surface area contributed by atoms with E-state index in [1.54, 1.807) is 18.2 Å². The van der Waals surface area contributed by atoms with Crippen LogP contribution in [0.4, 0.5) is 13.2 Å². The summed E-state index contributed by atoms with van der Waals surface area (Å²) in [4.78, 5) is 15.9. The maximum atomic E-state index is 13.7. The Labute approximate surface area is 154 Å². The summed E-state index contributed by atoms with van der Waals surface area (Å²) in [6, 6.07) is 9.56. The zero-order valence-electron chi connectivity index (χ0n) is 14.3. The fourth-order valence-corrected chi connectivity index (χ4v) is 2.59. The first kappa shape index (κ1) is 18.7. The van der Waals surface area contributed by atoms with E-state index in [1.165, 1.54) is 18.3 Å². The van der Waals surface area contributed by atoms with Crippen molar-refractivity contribution in [3.05, 3.63) is 77.6 Å². The largest absolute Gasteiger partial charge is 0.441 e. The summed E-state index contributed by atoms with van der Waals surface area (Å²) in [5.74, 6) is -1.50.